The van der Waals surface area contributed by atoms with Gasteiger partial charge in [0, 0.05) is 19.3 Å². The first-order valence-corrected chi connectivity index (χ1v) is 10.2. The molecule has 1 unspecified atom stereocenters. The van der Waals surface area contributed by atoms with Gasteiger partial charge in [0.15, 0.2) is 6.10 Å². The van der Waals surface area contributed by atoms with Gasteiger partial charge in [0.05, 0.1) is 6.61 Å². The van der Waals surface area contributed by atoms with Crippen molar-refractivity contribution in [3.05, 3.63) is 95.7 Å². The lowest BCUT2D eigenvalue weighted by molar-refractivity contribution is -0.141. The summed E-state index contributed by atoms with van der Waals surface area (Å²) in [4.78, 5) is 31.7. The number of carbonyl (C=O) groups is 2. The number of carbonyl (C=O) groups excluding carboxylic acids is 2. The lowest BCUT2D eigenvalue weighted by atomic mass is 10.1. The third-order valence-electron chi connectivity index (χ3n) is 4.65. The zero-order valence-electron chi connectivity index (χ0n) is 17.7. The molecule has 0 bridgehead atoms. The van der Waals surface area contributed by atoms with Crippen molar-refractivity contribution >= 4 is 11.9 Å². The van der Waals surface area contributed by atoms with Gasteiger partial charge >= 0.3 is 5.97 Å². The average Bonchev–Trinajstić information content (AvgIpc) is 2.80. The highest BCUT2D eigenvalue weighted by molar-refractivity contribution is 5.94. The number of esters is 1. The zero-order chi connectivity index (χ0) is 22.1. The largest absolute Gasteiger partial charge is 0.477 e. The summed E-state index contributed by atoms with van der Waals surface area (Å²) in [5, 5.41) is 0. The van der Waals surface area contributed by atoms with E-state index in [-0.39, 0.29) is 17.4 Å². The fourth-order valence-electron chi connectivity index (χ4n) is 3.15. The van der Waals surface area contributed by atoms with Gasteiger partial charge in [-0.2, -0.15) is 0 Å². The second kappa shape index (κ2) is 10.9. The van der Waals surface area contributed by atoms with Crippen molar-refractivity contribution in [1.29, 1.82) is 0 Å². The minimum absolute atomic E-state index is 0.195. The second-order valence-corrected chi connectivity index (χ2v) is 7.00. The van der Waals surface area contributed by atoms with Crippen LogP contribution in [-0.4, -0.2) is 34.5 Å². The van der Waals surface area contributed by atoms with Gasteiger partial charge < -0.3 is 14.4 Å². The quantitative estimate of drug-likeness (QED) is 0.486. The molecule has 2 aromatic carbocycles. The molecule has 1 heterocycles. The molecule has 3 aromatic rings. The Morgan fingerprint density at radius 1 is 0.903 bits per heavy atom. The normalized spacial score (nSPS) is 11.4. The molecule has 0 radical (unpaired) electrons. The standard InChI is InChI=1S/C25H26N2O4/c1-3-30-23-22(15-10-16-26-23)25(29)31-19(2)24(28)27(17-20-11-6-4-7-12-20)18-21-13-8-5-9-14-21/h4-16,19H,3,17-18H2,1-2H3. The maximum Gasteiger partial charge on any atom is 0.344 e. The Kier molecular flexibility index (Phi) is 7.76. The number of ether oxygens (including phenoxy) is 2. The summed E-state index contributed by atoms with van der Waals surface area (Å²) in [7, 11) is 0. The molecule has 0 aliphatic heterocycles. The first-order chi connectivity index (χ1) is 15.1. The number of amides is 1. The predicted molar refractivity (Wildman–Crippen MR) is 117 cm³/mol. The van der Waals surface area contributed by atoms with Crippen LogP contribution >= 0.6 is 0 Å². The van der Waals surface area contributed by atoms with E-state index >= 15 is 0 Å². The molecule has 0 aliphatic rings. The monoisotopic (exact) mass is 418 g/mol. The van der Waals surface area contributed by atoms with Crippen molar-refractivity contribution in [3.63, 3.8) is 0 Å². The molecule has 0 fully saturated rings. The van der Waals surface area contributed by atoms with Crippen molar-refractivity contribution in [1.82, 2.24) is 9.88 Å². The Hall–Kier alpha value is -3.67. The van der Waals surface area contributed by atoms with Crippen molar-refractivity contribution in [3.8, 4) is 5.88 Å². The minimum atomic E-state index is -0.963. The topological polar surface area (TPSA) is 68.7 Å². The fourth-order valence-corrected chi connectivity index (χ4v) is 3.15. The number of aromatic nitrogens is 1. The zero-order valence-corrected chi connectivity index (χ0v) is 17.7. The average molecular weight is 418 g/mol. The van der Waals surface area contributed by atoms with Crippen LogP contribution < -0.4 is 4.74 Å². The summed E-state index contributed by atoms with van der Waals surface area (Å²) in [6.45, 7) is 4.58. The number of rotatable bonds is 9. The van der Waals surface area contributed by atoms with Gasteiger partial charge in [-0.05, 0) is 37.1 Å². The van der Waals surface area contributed by atoms with Crippen LogP contribution in [-0.2, 0) is 22.6 Å². The molecule has 1 aromatic heterocycles. The van der Waals surface area contributed by atoms with E-state index in [9.17, 15) is 9.59 Å². The number of nitrogens with zero attached hydrogens (tertiary/aromatic N) is 2. The van der Waals surface area contributed by atoms with Gasteiger partial charge in [0.25, 0.3) is 5.91 Å². The highest BCUT2D eigenvalue weighted by Crippen LogP contribution is 2.18. The van der Waals surface area contributed by atoms with Gasteiger partial charge in [0.1, 0.15) is 5.56 Å². The summed E-state index contributed by atoms with van der Waals surface area (Å²) in [5.74, 6) is -0.722. The van der Waals surface area contributed by atoms with Gasteiger partial charge in [-0.1, -0.05) is 60.7 Å². The van der Waals surface area contributed by atoms with Crippen LogP contribution in [0.15, 0.2) is 79.0 Å². The van der Waals surface area contributed by atoms with E-state index in [1.165, 1.54) is 6.20 Å². The Morgan fingerprint density at radius 3 is 2.03 bits per heavy atom. The summed E-state index contributed by atoms with van der Waals surface area (Å²) in [6, 6.07) is 22.6. The highest BCUT2D eigenvalue weighted by atomic mass is 16.6. The van der Waals surface area contributed by atoms with E-state index < -0.39 is 12.1 Å². The van der Waals surface area contributed by atoms with Gasteiger partial charge in [-0.15, -0.1) is 0 Å². The first kappa shape index (κ1) is 22.0. The van der Waals surface area contributed by atoms with Crippen LogP contribution in [0.4, 0.5) is 0 Å². The molecule has 0 spiro atoms. The van der Waals surface area contributed by atoms with Crippen LogP contribution in [0.5, 0.6) is 5.88 Å². The Balaban J connectivity index is 1.75. The third-order valence-corrected chi connectivity index (χ3v) is 4.65. The van der Waals surface area contributed by atoms with Crippen molar-refractivity contribution in [2.45, 2.75) is 33.0 Å². The lowest BCUT2D eigenvalue weighted by Gasteiger charge is -2.26. The number of pyridine rings is 1. The number of benzene rings is 2. The SMILES string of the molecule is CCOc1ncccc1C(=O)OC(C)C(=O)N(Cc1ccccc1)Cc1ccccc1. The Bertz CT molecular complexity index is 951. The lowest BCUT2D eigenvalue weighted by Crippen LogP contribution is -2.39. The molecule has 0 N–H and O–H groups in total. The first-order valence-electron chi connectivity index (χ1n) is 10.2. The van der Waals surface area contributed by atoms with Crippen LogP contribution in [0, 0.1) is 0 Å². The van der Waals surface area contributed by atoms with Gasteiger partial charge in [-0.3, -0.25) is 4.79 Å². The molecule has 3 rings (SSSR count). The van der Waals surface area contributed by atoms with E-state index in [1.54, 1.807) is 30.9 Å². The Labute approximate surface area is 182 Å². The van der Waals surface area contributed by atoms with Crippen LogP contribution in [0.1, 0.15) is 35.3 Å². The number of hydrogen-bond acceptors (Lipinski definition) is 5. The molecular formula is C25H26N2O4. The molecule has 160 valence electrons. The summed E-state index contributed by atoms with van der Waals surface area (Å²) in [5.41, 5.74) is 2.19. The van der Waals surface area contributed by atoms with Crippen molar-refractivity contribution < 1.29 is 19.1 Å². The van der Waals surface area contributed by atoms with E-state index in [1.807, 2.05) is 60.7 Å². The predicted octanol–water partition coefficient (Wildman–Crippen LogP) is 4.25. The summed E-state index contributed by atoms with van der Waals surface area (Å²) >= 11 is 0. The van der Waals surface area contributed by atoms with E-state index in [0.29, 0.717) is 19.7 Å². The fraction of sp³-hybridized carbons (Fsp3) is 0.240. The van der Waals surface area contributed by atoms with E-state index in [0.717, 1.165) is 11.1 Å². The number of hydrogen-bond donors (Lipinski definition) is 0. The second-order valence-electron chi connectivity index (χ2n) is 7.00. The molecule has 0 aliphatic carbocycles. The van der Waals surface area contributed by atoms with Crippen LogP contribution in [0.2, 0.25) is 0 Å². The maximum atomic E-state index is 13.2. The molecule has 1 amide bonds. The smallest absolute Gasteiger partial charge is 0.344 e. The van der Waals surface area contributed by atoms with Gasteiger partial charge in [0.2, 0.25) is 5.88 Å². The molecule has 0 saturated heterocycles. The molecule has 6 nitrogen and oxygen atoms in total. The van der Waals surface area contributed by atoms with E-state index in [4.69, 9.17) is 9.47 Å². The van der Waals surface area contributed by atoms with Crippen LogP contribution in [0.3, 0.4) is 0 Å². The summed E-state index contributed by atoms with van der Waals surface area (Å²) < 4.78 is 10.9. The summed E-state index contributed by atoms with van der Waals surface area (Å²) in [6.07, 6.45) is 0.576. The Morgan fingerprint density at radius 2 is 1.48 bits per heavy atom. The maximum absolute atomic E-state index is 13.2. The van der Waals surface area contributed by atoms with Crippen molar-refractivity contribution in [2.75, 3.05) is 6.61 Å². The minimum Gasteiger partial charge on any atom is -0.477 e. The molecule has 6 heteroatoms. The third kappa shape index (κ3) is 6.15. The highest BCUT2D eigenvalue weighted by Gasteiger charge is 2.26. The van der Waals surface area contributed by atoms with Crippen LogP contribution in [0.25, 0.3) is 0 Å². The van der Waals surface area contributed by atoms with Gasteiger partial charge in [-0.25, -0.2) is 9.78 Å². The van der Waals surface area contributed by atoms with E-state index in [2.05, 4.69) is 4.98 Å². The molecule has 0 saturated carbocycles. The molecular weight excluding hydrogens is 392 g/mol. The molecule has 1 atom stereocenters. The molecule has 31 heavy (non-hydrogen) atoms. The van der Waals surface area contributed by atoms with Crippen molar-refractivity contribution in [2.24, 2.45) is 0 Å².